The topological polar surface area (TPSA) is 12.4 Å². The summed E-state index contributed by atoms with van der Waals surface area (Å²) in [5.74, 6) is 0. The van der Waals surface area contributed by atoms with E-state index >= 15 is 0 Å². The second-order valence-electron chi connectivity index (χ2n) is 2.52. The highest BCUT2D eigenvalue weighted by molar-refractivity contribution is 6.12. The molecule has 1 aliphatic carbocycles. The van der Waals surface area contributed by atoms with Crippen LogP contribution in [0.2, 0.25) is 0 Å². The van der Waals surface area contributed by atoms with Crippen molar-refractivity contribution >= 4 is 5.71 Å². The zero-order valence-electron chi connectivity index (χ0n) is 7.26. The molecule has 0 unspecified atom stereocenters. The summed E-state index contributed by atoms with van der Waals surface area (Å²) in [6, 6.07) is 0. The second-order valence-corrected chi connectivity index (χ2v) is 2.52. The molecule has 0 bridgehead atoms. The van der Waals surface area contributed by atoms with Gasteiger partial charge in [0.05, 0.1) is 5.71 Å². The van der Waals surface area contributed by atoms with Gasteiger partial charge in [0, 0.05) is 7.05 Å². The third-order valence-electron chi connectivity index (χ3n) is 1.83. The van der Waals surface area contributed by atoms with E-state index < -0.39 is 0 Å². The molecule has 0 N–H and O–H groups in total. The third-order valence-corrected chi connectivity index (χ3v) is 1.83. The van der Waals surface area contributed by atoms with E-state index in [0.717, 1.165) is 5.71 Å². The molecule has 0 aromatic heterocycles. The van der Waals surface area contributed by atoms with Crippen LogP contribution in [-0.2, 0) is 0 Å². The van der Waals surface area contributed by atoms with Gasteiger partial charge in [-0.05, 0) is 31.1 Å². The normalized spacial score (nSPS) is 24.5. The van der Waals surface area contributed by atoms with Gasteiger partial charge in [0.2, 0.25) is 0 Å². The molecule has 11 heavy (non-hydrogen) atoms. The molecule has 0 radical (unpaired) electrons. The SMILES string of the molecule is C/C=C1/C(C)=CC=CC1=NC. The Balaban J connectivity index is 3.08. The molecule has 1 rings (SSSR count). The Morgan fingerprint density at radius 2 is 2.18 bits per heavy atom. The van der Waals surface area contributed by atoms with Crippen molar-refractivity contribution in [3.05, 3.63) is 35.5 Å². The minimum atomic E-state index is 1.08. The minimum absolute atomic E-state index is 1.08. The van der Waals surface area contributed by atoms with Gasteiger partial charge in [0.1, 0.15) is 0 Å². The first kappa shape index (κ1) is 7.99. The van der Waals surface area contributed by atoms with Crippen LogP contribution in [0.25, 0.3) is 0 Å². The molecule has 0 heterocycles. The van der Waals surface area contributed by atoms with E-state index in [2.05, 4.69) is 24.1 Å². The summed E-state index contributed by atoms with van der Waals surface area (Å²) in [5.41, 5.74) is 3.61. The molecule has 58 valence electrons. The van der Waals surface area contributed by atoms with Crippen molar-refractivity contribution in [2.75, 3.05) is 7.05 Å². The fourth-order valence-corrected chi connectivity index (χ4v) is 1.24. The van der Waals surface area contributed by atoms with Crippen LogP contribution in [0.15, 0.2) is 40.4 Å². The Morgan fingerprint density at radius 1 is 1.45 bits per heavy atom. The van der Waals surface area contributed by atoms with Gasteiger partial charge in [-0.1, -0.05) is 18.2 Å². The predicted molar refractivity (Wildman–Crippen MR) is 50.0 cm³/mol. The fourth-order valence-electron chi connectivity index (χ4n) is 1.24. The molecule has 0 fully saturated rings. The van der Waals surface area contributed by atoms with E-state index in [0.29, 0.717) is 0 Å². The maximum absolute atomic E-state index is 4.17. The van der Waals surface area contributed by atoms with Crippen LogP contribution in [0, 0.1) is 0 Å². The summed E-state index contributed by atoms with van der Waals surface area (Å²) < 4.78 is 0. The number of nitrogens with zero attached hydrogens (tertiary/aromatic N) is 1. The summed E-state index contributed by atoms with van der Waals surface area (Å²) in [7, 11) is 1.82. The summed E-state index contributed by atoms with van der Waals surface area (Å²) >= 11 is 0. The number of aliphatic imine (C=N–C) groups is 1. The Morgan fingerprint density at radius 3 is 2.64 bits per heavy atom. The van der Waals surface area contributed by atoms with Crippen LogP contribution in [0.5, 0.6) is 0 Å². The molecule has 0 aromatic rings. The molecular formula is C10H13N. The van der Waals surface area contributed by atoms with Gasteiger partial charge in [-0.3, -0.25) is 4.99 Å². The van der Waals surface area contributed by atoms with Gasteiger partial charge in [-0.15, -0.1) is 0 Å². The molecule has 1 aliphatic rings. The predicted octanol–water partition coefficient (Wildman–Crippen LogP) is 2.52. The first-order valence-corrected chi connectivity index (χ1v) is 3.78. The Bertz CT molecular complexity index is 265. The van der Waals surface area contributed by atoms with Crippen LogP contribution in [0.4, 0.5) is 0 Å². The first-order chi connectivity index (χ1) is 5.29. The van der Waals surface area contributed by atoms with Gasteiger partial charge < -0.3 is 0 Å². The fraction of sp³-hybridized carbons (Fsp3) is 0.300. The average molecular weight is 147 g/mol. The largest absolute Gasteiger partial charge is 0.288 e. The highest BCUT2D eigenvalue weighted by atomic mass is 14.7. The smallest absolute Gasteiger partial charge is 0.0642 e. The van der Waals surface area contributed by atoms with Gasteiger partial charge in [0.25, 0.3) is 0 Å². The zero-order chi connectivity index (χ0) is 8.27. The highest BCUT2D eigenvalue weighted by Crippen LogP contribution is 2.16. The molecule has 0 saturated heterocycles. The van der Waals surface area contributed by atoms with Crippen LogP contribution in [0.3, 0.4) is 0 Å². The third kappa shape index (κ3) is 1.48. The monoisotopic (exact) mass is 147 g/mol. The minimum Gasteiger partial charge on any atom is -0.288 e. The molecule has 1 heteroatoms. The van der Waals surface area contributed by atoms with Gasteiger partial charge in [0.15, 0.2) is 0 Å². The lowest BCUT2D eigenvalue weighted by atomic mass is 9.97. The summed E-state index contributed by atoms with van der Waals surface area (Å²) in [5, 5.41) is 0. The number of hydrogen-bond acceptors (Lipinski definition) is 1. The quantitative estimate of drug-likeness (QED) is 0.499. The van der Waals surface area contributed by atoms with Gasteiger partial charge >= 0.3 is 0 Å². The van der Waals surface area contributed by atoms with Crippen LogP contribution in [-0.4, -0.2) is 12.8 Å². The standard InChI is InChI=1S/C10H13N/c1-4-9-8(2)6-5-7-10(9)11-3/h4-7H,1-3H3/b9-4-,11-10?. The molecular weight excluding hydrogens is 134 g/mol. The van der Waals surface area contributed by atoms with E-state index in [-0.39, 0.29) is 0 Å². The van der Waals surface area contributed by atoms with E-state index in [1.165, 1.54) is 11.1 Å². The summed E-state index contributed by atoms with van der Waals surface area (Å²) in [6.45, 7) is 4.14. The van der Waals surface area contributed by atoms with Crippen molar-refractivity contribution < 1.29 is 0 Å². The van der Waals surface area contributed by atoms with Crippen molar-refractivity contribution in [2.24, 2.45) is 4.99 Å². The van der Waals surface area contributed by atoms with Crippen molar-refractivity contribution in [3.8, 4) is 0 Å². The van der Waals surface area contributed by atoms with E-state index in [4.69, 9.17) is 0 Å². The average Bonchev–Trinajstić information content (AvgIpc) is 2.04. The molecule has 0 aliphatic heterocycles. The Hall–Kier alpha value is -1.11. The number of rotatable bonds is 0. The Kier molecular flexibility index (Phi) is 2.42. The lowest BCUT2D eigenvalue weighted by Crippen LogP contribution is -2.03. The van der Waals surface area contributed by atoms with E-state index in [1.807, 2.05) is 26.1 Å². The maximum atomic E-state index is 4.17. The molecule has 0 saturated carbocycles. The first-order valence-electron chi connectivity index (χ1n) is 3.78. The molecule has 0 amide bonds. The highest BCUT2D eigenvalue weighted by Gasteiger charge is 2.06. The van der Waals surface area contributed by atoms with Gasteiger partial charge in [-0.25, -0.2) is 0 Å². The lowest BCUT2D eigenvalue weighted by molar-refractivity contribution is 1.37. The second kappa shape index (κ2) is 3.33. The molecule has 0 aromatic carbocycles. The van der Waals surface area contributed by atoms with Crippen molar-refractivity contribution in [2.45, 2.75) is 13.8 Å². The molecule has 1 nitrogen and oxygen atoms in total. The molecule has 0 atom stereocenters. The maximum Gasteiger partial charge on any atom is 0.0642 e. The molecule has 0 spiro atoms. The van der Waals surface area contributed by atoms with E-state index in [1.54, 1.807) is 0 Å². The Labute approximate surface area is 67.8 Å². The van der Waals surface area contributed by atoms with Crippen LogP contribution in [0.1, 0.15) is 13.8 Å². The van der Waals surface area contributed by atoms with E-state index in [9.17, 15) is 0 Å². The van der Waals surface area contributed by atoms with Crippen molar-refractivity contribution in [1.82, 2.24) is 0 Å². The summed E-state index contributed by atoms with van der Waals surface area (Å²) in [6.07, 6.45) is 8.26. The number of allylic oxidation sites excluding steroid dienone is 6. The van der Waals surface area contributed by atoms with Crippen LogP contribution < -0.4 is 0 Å². The van der Waals surface area contributed by atoms with Crippen LogP contribution >= 0.6 is 0 Å². The summed E-state index contributed by atoms with van der Waals surface area (Å²) in [4.78, 5) is 4.17. The number of hydrogen-bond donors (Lipinski definition) is 0. The lowest BCUT2D eigenvalue weighted by Gasteiger charge is -2.10. The van der Waals surface area contributed by atoms with Crippen molar-refractivity contribution in [3.63, 3.8) is 0 Å². The van der Waals surface area contributed by atoms with Crippen molar-refractivity contribution in [1.29, 1.82) is 0 Å². The van der Waals surface area contributed by atoms with Gasteiger partial charge in [-0.2, -0.15) is 0 Å². The zero-order valence-corrected chi connectivity index (χ0v) is 7.26.